The van der Waals surface area contributed by atoms with Crippen molar-refractivity contribution in [2.45, 2.75) is 25.5 Å². The summed E-state index contributed by atoms with van der Waals surface area (Å²) < 4.78 is 20.8. The third-order valence-corrected chi connectivity index (χ3v) is 12.7. The maximum atomic E-state index is 12.6. The van der Waals surface area contributed by atoms with Crippen LogP contribution in [0.3, 0.4) is 0 Å². The number of nitrogens with zero attached hydrogens (tertiary/aromatic N) is 20. The number of rotatable bonds is 6. The minimum Gasteiger partial charge on any atom is -0.548 e. The van der Waals surface area contributed by atoms with Gasteiger partial charge >= 0.3 is 218 Å². The van der Waals surface area contributed by atoms with Crippen molar-refractivity contribution in [1.82, 2.24) is 64.9 Å². The van der Waals surface area contributed by atoms with Gasteiger partial charge in [0.15, 0.2) is 27.6 Å². The molecule has 0 saturated carbocycles. The number of carboxylic acid groups (broad SMARTS) is 3. The first-order valence-corrected chi connectivity index (χ1v) is 19.3. The first-order chi connectivity index (χ1) is 31.6. The summed E-state index contributed by atoms with van der Waals surface area (Å²) in [5.41, 5.74) is 4.80. The van der Waals surface area contributed by atoms with Crippen LogP contribution in [0.1, 0.15) is 0 Å². The van der Waals surface area contributed by atoms with Gasteiger partial charge < -0.3 is 38.7 Å². The SMILES string of the molecule is O=C=O.[CH2-]n1c2c3n4c(c2n2ccnc12)=Nc1c2c(c5[n+]1[C@@]41n4c(c6c(c4N=c4c7c(c([n+]41)N=3)n1ccnc1n7CC(=O)[O-])n1ccnc1n6CC(=O)[O-])N=5)n1ccnc1n2CC(=O)[O-].[K+].[K+].[K+].[K+]. The van der Waals surface area contributed by atoms with Crippen molar-refractivity contribution in [3.05, 3.63) is 78.6 Å². The first kappa shape index (κ1) is 47.9. The first-order valence-electron chi connectivity index (χ1n) is 19.3. The second kappa shape index (κ2) is 16.0. The van der Waals surface area contributed by atoms with Crippen molar-refractivity contribution >= 4 is 115 Å². The molecule has 28 nitrogen and oxygen atoms in total. The zero-order valence-corrected chi connectivity index (χ0v) is 48.6. The molecule has 0 unspecified atom stereocenters. The molecule has 314 valence electrons. The van der Waals surface area contributed by atoms with Gasteiger partial charge in [-0.1, -0.05) is 20.0 Å². The van der Waals surface area contributed by atoms with Gasteiger partial charge in [-0.15, -0.1) is 16.2 Å². The van der Waals surface area contributed by atoms with Crippen molar-refractivity contribution in [2.24, 2.45) is 20.0 Å². The number of aromatic nitrogens is 16. The van der Waals surface area contributed by atoms with E-state index in [0.717, 1.165) is 0 Å². The summed E-state index contributed by atoms with van der Waals surface area (Å²) in [5.74, 6) is -3.37. The van der Waals surface area contributed by atoms with Crippen LogP contribution in [0, 0.1) is 7.05 Å². The monoisotopic (exact) mass is 1020 g/mol. The van der Waals surface area contributed by atoms with E-state index >= 15 is 0 Å². The average Bonchev–Trinajstić information content (AvgIpc) is 4.09. The van der Waals surface area contributed by atoms with Crippen LogP contribution in [0.15, 0.2) is 69.5 Å². The number of aliphatic carboxylic acids is 3. The fourth-order valence-corrected chi connectivity index (χ4v) is 10.9. The van der Waals surface area contributed by atoms with Crippen molar-refractivity contribution in [2.75, 3.05) is 0 Å². The van der Waals surface area contributed by atoms with E-state index in [9.17, 15) is 29.7 Å². The fourth-order valence-electron chi connectivity index (χ4n) is 10.9. The number of hydrogen-bond acceptors (Lipinski definition) is 16. The van der Waals surface area contributed by atoms with Crippen molar-refractivity contribution < 1.29 is 254 Å². The molecule has 1 atom stereocenters. The normalized spacial score (nSPS) is 15.1. The molecule has 4 aliphatic rings. The van der Waals surface area contributed by atoms with E-state index in [1.54, 1.807) is 67.3 Å². The summed E-state index contributed by atoms with van der Waals surface area (Å²) in [7, 11) is 4.40. The molecule has 0 bridgehead atoms. The van der Waals surface area contributed by atoms with Crippen LogP contribution in [-0.4, -0.2) is 89.0 Å². The topological polar surface area (TPSA) is 311 Å². The van der Waals surface area contributed by atoms with Gasteiger partial charge in [0.1, 0.15) is 16.8 Å². The zero-order valence-electron chi connectivity index (χ0n) is 36.2. The summed E-state index contributed by atoms with van der Waals surface area (Å²) in [6.45, 7) is -1.80. The number of carbonyl (C=O) groups excluding carboxylic acids is 5. The molecule has 0 saturated heterocycles. The quantitative estimate of drug-likeness (QED) is 0.0852. The van der Waals surface area contributed by atoms with E-state index < -0.39 is 43.5 Å². The van der Waals surface area contributed by atoms with Crippen LogP contribution >= 0.6 is 0 Å². The molecule has 12 aromatic heterocycles. The predicted octanol–water partition coefficient (Wildman–Crippen LogP) is -18.7. The molecule has 1 spiro atoms. The van der Waals surface area contributed by atoms with E-state index in [1.807, 2.05) is 22.7 Å². The maximum absolute atomic E-state index is 12.6. The molecule has 0 N–H and O–H groups in total. The fraction of sp³-hybridized carbons (Fsp3) is 0.108. The summed E-state index contributed by atoms with van der Waals surface area (Å²) in [5, 5.41) is 37.7. The largest absolute Gasteiger partial charge is 1.00 e. The Morgan fingerprint density at radius 3 is 1.46 bits per heavy atom. The Balaban J connectivity index is 0.000000726. The van der Waals surface area contributed by atoms with E-state index in [-0.39, 0.29) is 240 Å². The number of fused-ring (bicyclic) bond motifs is 20. The van der Waals surface area contributed by atoms with Crippen LogP contribution in [0.25, 0.3) is 67.2 Å². The van der Waals surface area contributed by atoms with E-state index in [0.29, 0.717) is 83.8 Å². The standard InChI is InChI=1S/C36H18N20O6.CO2.4K/c1-45-16-17(46-6-2-37-32(45)46)25-42-29-22-19(48-8-4-39-34(48)51(22)11-14(59)60)27-44-31-23-20(49-9-5-40-35(49)52(23)12-15(61)62)28-43-30-21-18(47-7-3-38-33(47)50(21)10-13(57)58)26-41-24(16)53(25)36(54(26)30,55(27)29)56(28)31;2-1-3;;;;/h2-9H,1,10-12H2,(H2-,57,58,59,60,61,62);;;;;/q;;4*+1/p-2/t36-;;;;;/m1...../s1. The number of carboxylic acids is 3. The van der Waals surface area contributed by atoms with Gasteiger partial charge in [-0.25, -0.2) is 19.5 Å². The minimum absolute atomic E-state index is 0. The average molecular weight is 1030 g/mol. The van der Waals surface area contributed by atoms with Crippen LogP contribution < -0.4 is 252 Å². The Morgan fingerprint density at radius 1 is 0.522 bits per heavy atom. The Kier molecular flexibility index (Phi) is 11.1. The van der Waals surface area contributed by atoms with Crippen LogP contribution in [0.5, 0.6) is 0 Å². The molecule has 4 aliphatic heterocycles. The molecule has 0 fully saturated rings. The zero-order chi connectivity index (χ0) is 43.8. The Labute approximate surface area is 547 Å². The van der Waals surface area contributed by atoms with Crippen LogP contribution in [-0.2, 0) is 49.5 Å². The maximum Gasteiger partial charge on any atom is 1.00 e. The number of carbonyl (C=O) groups is 3. The predicted molar refractivity (Wildman–Crippen MR) is 199 cm³/mol. The molecule has 0 radical (unpaired) electrons. The van der Waals surface area contributed by atoms with Crippen LogP contribution in [0.2, 0.25) is 0 Å². The molecule has 12 aromatic rings. The molecule has 0 aliphatic carbocycles. The molecule has 0 aromatic carbocycles. The van der Waals surface area contributed by atoms with Crippen molar-refractivity contribution in [3.8, 4) is 0 Å². The molecular weight excluding hydrogens is 1010 g/mol. The van der Waals surface area contributed by atoms with Gasteiger partial charge in [-0.3, -0.25) is 31.9 Å². The third-order valence-electron chi connectivity index (χ3n) is 12.7. The molecule has 69 heavy (non-hydrogen) atoms. The Morgan fingerprint density at radius 2 is 0.928 bits per heavy atom. The van der Waals surface area contributed by atoms with Crippen molar-refractivity contribution in [3.63, 3.8) is 0 Å². The third kappa shape index (κ3) is 5.39. The van der Waals surface area contributed by atoms with E-state index in [4.69, 9.17) is 29.6 Å². The van der Waals surface area contributed by atoms with E-state index in [2.05, 4.69) is 27.0 Å². The second-order valence-corrected chi connectivity index (χ2v) is 15.5. The van der Waals surface area contributed by atoms with Gasteiger partial charge in [0.2, 0.25) is 34.5 Å². The number of hydrogen-bond donors (Lipinski definition) is 0. The van der Waals surface area contributed by atoms with Gasteiger partial charge in [0.05, 0.1) is 43.1 Å². The Bertz CT molecular complexity index is 4700. The summed E-state index contributed by atoms with van der Waals surface area (Å²) in [6.07, 6.45) is 13.4. The van der Waals surface area contributed by atoms with E-state index in [1.165, 1.54) is 13.7 Å². The second-order valence-electron chi connectivity index (χ2n) is 15.5. The molecule has 16 heterocycles. The minimum atomic E-state index is -1.72. The van der Waals surface area contributed by atoms with Gasteiger partial charge in [-0.2, -0.15) is 14.2 Å². The van der Waals surface area contributed by atoms with Crippen molar-refractivity contribution in [1.29, 1.82) is 0 Å². The summed E-state index contributed by atoms with van der Waals surface area (Å²) in [6, 6.07) is 0. The van der Waals surface area contributed by atoms with Crippen LogP contribution in [0.4, 0.5) is 23.3 Å². The molecule has 32 heteroatoms. The summed E-state index contributed by atoms with van der Waals surface area (Å²) >= 11 is 0. The van der Waals surface area contributed by atoms with Gasteiger partial charge in [0.25, 0.3) is 22.6 Å². The molecule has 16 rings (SSSR count). The summed E-state index contributed by atoms with van der Waals surface area (Å²) in [4.78, 5) is 93.7. The Hall–Kier alpha value is -3.43. The molecular formula is C37H16K4N20O8+2. The van der Waals surface area contributed by atoms with Gasteiger partial charge in [0, 0.05) is 55.1 Å². The molecule has 0 amide bonds. The number of imidazole rings is 8. The van der Waals surface area contributed by atoms with Gasteiger partial charge in [-0.05, 0) is 0 Å². The smallest absolute Gasteiger partial charge is 0.548 e.